The molecule has 2 aliphatic rings. The molecule has 0 aliphatic heterocycles. The van der Waals surface area contributed by atoms with Crippen LogP contribution >= 0.6 is 0 Å². The van der Waals surface area contributed by atoms with Crippen LogP contribution in [0.5, 0.6) is 0 Å². The van der Waals surface area contributed by atoms with E-state index in [1.165, 1.54) is 50.5 Å². The van der Waals surface area contributed by atoms with Crippen molar-refractivity contribution in [3.63, 3.8) is 0 Å². The van der Waals surface area contributed by atoms with Gasteiger partial charge >= 0.3 is 0 Å². The molecule has 2 fully saturated rings. The lowest BCUT2D eigenvalue weighted by atomic mass is 9.66. The minimum Gasteiger partial charge on any atom is -0.389 e. The third-order valence-corrected chi connectivity index (χ3v) is 4.87. The number of hydrogen-bond donors (Lipinski definition) is 1. The molecule has 0 amide bonds. The van der Waals surface area contributed by atoms with Crippen LogP contribution in [0.2, 0.25) is 0 Å². The summed E-state index contributed by atoms with van der Waals surface area (Å²) in [5.41, 5.74) is 0.819. The fourth-order valence-corrected chi connectivity index (χ4v) is 3.76. The van der Waals surface area contributed by atoms with Crippen molar-refractivity contribution < 1.29 is 5.11 Å². The summed E-state index contributed by atoms with van der Waals surface area (Å²) >= 11 is 0. The van der Waals surface area contributed by atoms with E-state index in [2.05, 4.69) is 13.5 Å². The highest BCUT2D eigenvalue weighted by atomic mass is 16.3. The summed E-state index contributed by atoms with van der Waals surface area (Å²) < 4.78 is 0. The van der Waals surface area contributed by atoms with Gasteiger partial charge in [-0.3, -0.25) is 0 Å². The Morgan fingerprint density at radius 2 is 1.69 bits per heavy atom. The summed E-state index contributed by atoms with van der Waals surface area (Å²) in [6, 6.07) is 0. The van der Waals surface area contributed by atoms with E-state index in [4.69, 9.17) is 0 Å². The van der Waals surface area contributed by atoms with E-state index < -0.39 is 5.60 Å². The van der Waals surface area contributed by atoms with Crippen LogP contribution in [0.1, 0.15) is 64.7 Å². The van der Waals surface area contributed by atoms with Crippen molar-refractivity contribution in [3.05, 3.63) is 12.2 Å². The van der Waals surface area contributed by atoms with Crippen molar-refractivity contribution in [2.45, 2.75) is 70.3 Å². The van der Waals surface area contributed by atoms with Gasteiger partial charge in [-0.2, -0.15) is 0 Å². The van der Waals surface area contributed by atoms with Gasteiger partial charge in [-0.05, 0) is 44.9 Å². The van der Waals surface area contributed by atoms with Crippen LogP contribution in [-0.4, -0.2) is 10.7 Å². The topological polar surface area (TPSA) is 20.2 Å². The lowest BCUT2D eigenvalue weighted by molar-refractivity contribution is -0.0605. The number of aliphatic hydroxyl groups is 1. The zero-order valence-electron chi connectivity index (χ0n) is 10.7. The largest absolute Gasteiger partial charge is 0.389 e. The van der Waals surface area contributed by atoms with E-state index in [0.717, 1.165) is 12.8 Å². The summed E-state index contributed by atoms with van der Waals surface area (Å²) in [4.78, 5) is 0. The molecule has 92 valence electrons. The van der Waals surface area contributed by atoms with E-state index in [0.29, 0.717) is 11.8 Å². The van der Waals surface area contributed by atoms with Gasteiger partial charge in [0.15, 0.2) is 0 Å². The Morgan fingerprint density at radius 1 is 1.06 bits per heavy atom. The smallest absolute Gasteiger partial charge is 0.0712 e. The Balaban J connectivity index is 2.06. The quantitative estimate of drug-likeness (QED) is 0.698. The summed E-state index contributed by atoms with van der Waals surface area (Å²) in [5, 5.41) is 10.9. The zero-order chi connectivity index (χ0) is 11.6. The highest BCUT2D eigenvalue weighted by Gasteiger charge is 2.41. The molecule has 0 bridgehead atoms. The first-order chi connectivity index (χ1) is 7.62. The van der Waals surface area contributed by atoms with E-state index >= 15 is 0 Å². The Hall–Kier alpha value is -0.300. The molecular formula is C15H26O. The Labute approximate surface area is 99.9 Å². The average Bonchev–Trinajstić information content (AvgIpc) is 2.30. The molecular weight excluding hydrogens is 196 g/mol. The SMILES string of the molecule is C=C1CCCCC1C(C)(O)C1CCCCC1. The van der Waals surface area contributed by atoms with Gasteiger partial charge < -0.3 is 5.11 Å². The van der Waals surface area contributed by atoms with Crippen LogP contribution in [-0.2, 0) is 0 Å². The van der Waals surface area contributed by atoms with Crippen molar-refractivity contribution >= 4 is 0 Å². The molecule has 0 aromatic carbocycles. The van der Waals surface area contributed by atoms with Crippen molar-refractivity contribution in [1.82, 2.24) is 0 Å². The maximum atomic E-state index is 10.9. The number of hydrogen-bond acceptors (Lipinski definition) is 1. The lowest BCUT2D eigenvalue weighted by Gasteiger charge is -2.44. The lowest BCUT2D eigenvalue weighted by Crippen LogP contribution is -2.44. The third kappa shape index (κ3) is 2.34. The summed E-state index contributed by atoms with van der Waals surface area (Å²) in [6.07, 6.45) is 11.2. The van der Waals surface area contributed by atoms with Gasteiger partial charge in [0.25, 0.3) is 0 Å². The Kier molecular flexibility index (Phi) is 3.73. The second kappa shape index (κ2) is 4.91. The van der Waals surface area contributed by atoms with Gasteiger partial charge in [0.05, 0.1) is 5.60 Å². The molecule has 0 saturated heterocycles. The minimum atomic E-state index is -0.488. The van der Waals surface area contributed by atoms with Crippen LogP contribution in [0.4, 0.5) is 0 Å². The number of rotatable bonds is 2. The molecule has 2 aliphatic carbocycles. The van der Waals surface area contributed by atoms with Crippen LogP contribution < -0.4 is 0 Å². The monoisotopic (exact) mass is 222 g/mol. The standard InChI is InChI=1S/C15H26O/c1-12-8-6-7-11-14(12)15(2,16)13-9-4-3-5-10-13/h13-14,16H,1,3-11H2,2H3. The molecule has 0 spiro atoms. The molecule has 0 aromatic heterocycles. The maximum Gasteiger partial charge on any atom is 0.0712 e. The molecule has 2 atom stereocenters. The van der Waals surface area contributed by atoms with Gasteiger partial charge in [-0.25, -0.2) is 0 Å². The molecule has 0 aromatic rings. The third-order valence-electron chi connectivity index (χ3n) is 4.87. The average molecular weight is 222 g/mol. The summed E-state index contributed by atoms with van der Waals surface area (Å²) in [5.74, 6) is 0.880. The molecule has 0 heterocycles. The van der Waals surface area contributed by atoms with Crippen LogP contribution in [0, 0.1) is 11.8 Å². The molecule has 2 unspecified atom stereocenters. The van der Waals surface area contributed by atoms with E-state index in [9.17, 15) is 5.11 Å². The van der Waals surface area contributed by atoms with Gasteiger partial charge in [-0.1, -0.05) is 37.8 Å². The molecule has 2 saturated carbocycles. The highest BCUT2D eigenvalue weighted by Crippen LogP contribution is 2.44. The van der Waals surface area contributed by atoms with E-state index in [-0.39, 0.29) is 0 Å². The van der Waals surface area contributed by atoms with Crippen LogP contribution in [0.3, 0.4) is 0 Å². The Bertz CT molecular complexity index is 248. The van der Waals surface area contributed by atoms with Crippen molar-refractivity contribution in [2.75, 3.05) is 0 Å². The first kappa shape index (κ1) is 12.2. The second-order valence-corrected chi connectivity index (χ2v) is 6.02. The van der Waals surface area contributed by atoms with E-state index in [1.807, 2.05) is 0 Å². The second-order valence-electron chi connectivity index (χ2n) is 6.02. The molecule has 0 radical (unpaired) electrons. The first-order valence-electron chi connectivity index (χ1n) is 7.02. The minimum absolute atomic E-state index is 0.365. The first-order valence-corrected chi connectivity index (χ1v) is 7.02. The van der Waals surface area contributed by atoms with Crippen molar-refractivity contribution in [3.8, 4) is 0 Å². The Morgan fingerprint density at radius 3 is 2.31 bits per heavy atom. The normalized spacial score (nSPS) is 32.4. The molecule has 16 heavy (non-hydrogen) atoms. The van der Waals surface area contributed by atoms with Gasteiger partial charge in [0.2, 0.25) is 0 Å². The van der Waals surface area contributed by atoms with Crippen molar-refractivity contribution in [2.24, 2.45) is 11.8 Å². The van der Waals surface area contributed by atoms with Crippen molar-refractivity contribution in [1.29, 1.82) is 0 Å². The summed E-state index contributed by atoms with van der Waals surface area (Å²) in [7, 11) is 0. The molecule has 2 rings (SSSR count). The molecule has 1 nitrogen and oxygen atoms in total. The van der Waals surface area contributed by atoms with E-state index in [1.54, 1.807) is 0 Å². The molecule has 1 N–H and O–H groups in total. The fraction of sp³-hybridized carbons (Fsp3) is 0.867. The van der Waals surface area contributed by atoms with Crippen LogP contribution in [0.25, 0.3) is 0 Å². The predicted molar refractivity (Wildman–Crippen MR) is 68.3 cm³/mol. The van der Waals surface area contributed by atoms with Gasteiger partial charge in [-0.15, -0.1) is 0 Å². The summed E-state index contributed by atoms with van der Waals surface area (Å²) in [6.45, 7) is 6.27. The fourth-order valence-electron chi connectivity index (χ4n) is 3.76. The molecule has 1 heteroatoms. The van der Waals surface area contributed by atoms with Gasteiger partial charge in [0, 0.05) is 5.92 Å². The zero-order valence-corrected chi connectivity index (χ0v) is 10.7. The van der Waals surface area contributed by atoms with Gasteiger partial charge in [0.1, 0.15) is 0 Å². The maximum absolute atomic E-state index is 10.9. The predicted octanol–water partition coefficient (Wildman–Crippen LogP) is 4.06. The highest BCUT2D eigenvalue weighted by molar-refractivity contribution is 5.11. The van der Waals surface area contributed by atoms with Crippen LogP contribution in [0.15, 0.2) is 12.2 Å².